The van der Waals surface area contributed by atoms with Crippen LogP contribution in [0.4, 0.5) is 13.2 Å². The molecule has 0 spiro atoms. The van der Waals surface area contributed by atoms with E-state index in [4.69, 9.17) is 0 Å². The Morgan fingerprint density at radius 2 is 1.96 bits per heavy atom. The summed E-state index contributed by atoms with van der Waals surface area (Å²) >= 11 is 0.724. The molecule has 1 atom stereocenters. The van der Waals surface area contributed by atoms with Gasteiger partial charge in [-0.2, -0.15) is 13.2 Å². The number of hydrogen-bond donors (Lipinski definition) is 1. The number of halogens is 3. The van der Waals surface area contributed by atoms with E-state index >= 15 is 0 Å². The Morgan fingerprint density at radius 3 is 2.58 bits per heavy atom. The molecule has 5 heterocycles. The number of piperidine rings is 3. The number of amides is 1. The van der Waals surface area contributed by atoms with Crippen molar-refractivity contribution in [3.05, 3.63) is 28.9 Å². The van der Waals surface area contributed by atoms with Crippen LogP contribution >= 0.6 is 11.3 Å². The minimum Gasteiger partial charge on any atom is -0.346 e. The topological polar surface area (TPSA) is 62.3 Å². The third-order valence-electron chi connectivity index (χ3n) is 5.09. The Hall–Kier alpha value is -2.00. The molecular weight excluding hydrogens is 367 g/mol. The Balaban J connectivity index is 1.53. The molecule has 0 radical (unpaired) electrons. The van der Waals surface area contributed by atoms with Gasteiger partial charge in [-0.25, -0.2) is 0 Å². The molecule has 3 fully saturated rings. The second-order valence-corrected chi connectivity index (χ2v) is 7.85. The largest absolute Gasteiger partial charge is 0.455 e. The molecule has 3 aliphatic rings. The van der Waals surface area contributed by atoms with Crippen molar-refractivity contribution in [2.45, 2.75) is 25.1 Å². The van der Waals surface area contributed by atoms with Crippen molar-refractivity contribution in [3.63, 3.8) is 0 Å². The van der Waals surface area contributed by atoms with Crippen LogP contribution in [0.25, 0.3) is 10.1 Å². The molecule has 5 rings (SSSR count). The molecular formula is C17H16F3N3O2S. The molecule has 26 heavy (non-hydrogen) atoms. The number of fused-ring (bicyclic) bond motifs is 4. The molecule has 5 nitrogen and oxygen atoms in total. The zero-order valence-corrected chi connectivity index (χ0v) is 14.5. The molecule has 1 N–H and O–H groups in total. The number of alkyl halides is 3. The van der Waals surface area contributed by atoms with Crippen LogP contribution in [-0.2, 0) is 0 Å². The van der Waals surface area contributed by atoms with Crippen LogP contribution in [0.2, 0.25) is 0 Å². The van der Waals surface area contributed by atoms with Crippen molar-refractivity contribution in [2.24, 2.45) is 5.92 Å². The quantitative estimate of drug-likeness (QED) is 0.828. The highest BCUT2D eigenvalue weighted by Crippen LogP contribution is 2.31. The van der Waals surface area contributed by atoms with Gasteiger partial charge < -0.3 is 10.2 Å². The van der Waals surface area contributed by atoms with Gasteiger partial charge in [0.2, 0.25) is 0 Å². The van der Waals surface area contributed by atoms with Crippen molar-refractivity contribution in [3.8, 4) is 0 Å². The zero-order valence-electron chi connectivity index (χ0n) is 13.7. The molecule has 0 saturated carbocycles. The highest BCUT2D eigenvalue weighted by molar-refractivity contribution is 7.20. The Kier molecular flexibility index (Phi) is 4.23. The number of ketones is 1. The molecule has 3 aliphatic heterocycles. The number of aromatic nitrogens is 1. The number of nitrogens with zero attached hydrogens (tertiary/aromatic N) is 2. The molecule has 2 aromatic heterocycles. The molecule has 0 aliphatic carbocycles. The minimum atomic E-state index is -4.91. The lowest BCUT2D eigenvalue weighted by molar-refractivity contribution is -0.0882. The van der Waals surface area contributed by atoms with Gasteiger partial charge in [0.1, 0.15) is 5.69 Å². The van der Waals surface area contributed by atoms with Crippen LogP contribution in [0.15, 0.2) is 18.3 Å². The number of carbonyl (C=O) groups is 2. The van der Waals surface area contributed by atoms with Crippen molar-refractivity contribution in [2.75, 3.05) is 19.6 Å². The third-order valence-corrected chi connectivity index (χ3v) is 6.18. The first-order chi connectivity index (χ1) is 12.3. The lowest BCUT2D eigenvalue weighted by atomic mass is 9.84. The van der Waals surface area contributed by atoms with E-state index in [9.17, 15) is 22.8 Å². The molecule has 9 heteroatoms. The Morgan fingerprint density at radius 1 is 1.23 bits per heavy atom. The predicted octanol–water partition coefficient (Wildman–Crippen LogP) is 2.87. The van der Waals surface area contributed by atoms with Gasteiger partial charge in [-0.05, 0) is 44.0 Å². The van der Waals surface area contributed by atoms with Crippen molar-refractivity contribution < 1.29 is 22.8 Å². The van der Waals surface area contributed by atoms with E-state index in [1.54, 1.807) is 0 Å². The van der Waals surface area contributed by atoms with Crippen molar-refractivity contribution in [1.82, 2.24) is 15.2 Å². The summed E-state index contributed by atoms with van der Waals surface area (Å²) < 4.78 is 38.2. The maximum absolute atomic E-state index is 12.6. The number of pyridine rings is 1. The summed E-state index contributed by atoms with van der Waals surface area (Å²) in [7, 11) is 0. The smallest absolute Gasteiger partial charge is 0.346 e. The van der Waals surface area contributed by atoms with Gasteiger partial charge in [0.05, 0.1) is 4.88 Å². The van der Waals surface area contributed by atoms with Crippen molar-refractivity contribution in [1.29, 1.82) is 0 Å². The summed E-state index contributed by atoms with van der Waals surface area (Å²) in [5, 5.41) is 3.42. The van der Waals surface area contributed by atoms with Gasteiger partial charge in [-0.15, -0.1) is 11.3 Å². The number of rotatable bonds is 3. The van der Waals surface area contributed by atoms with E-state index in [0.717, 1.165) is 49.9 Å². The van der Waals surface area contributed by atoms with Crippen LogP contribution < -0.4 is 5.32 Å². The average molecular weight is 383 g/mol. The van der Waals surface area contributed by atoms with E-state index in [-0.39, 0.29) is 17.6 Å². The normalized spacial score (nSPS) is 25.4. The Bertz CT molecular complexity index is 872. The zero-order chi connectivity index (χ0) is 18.5. The lowest BCUT2D eigenvalue weighted by Gasteiger charge is -2.44. The fraction of sp³-hybridized carbons (Fsp3) is 0.471. The van der Waals surface area contributed by atoms with E-state index < -0.39 is 16.8 Å². The van der Waals surface area contributed by atoms with E-state index in [2.05, 4.69) is 15.2 Å². The summed E-state index contributed by atoms with van der Waals surface area (Å²) in [6.45, 7) is 2.95. The highest BCUT2D eigenvalue weighted by Gasteiger charge is 2.40. The fourth-order valence-corrected chi connectivity index (χ4v) is 4.71. The molecule has 3 saturated heterocycles. The molecule has 0 unspecified atom stereocenters. The molecule has 138 valence electrons. The van der Waals surface area contributed by atoms with Crippen LogP contribution in [0, 0.1) is 5.92 Å². The van der Waals surface area contributed by atoms with Gasteiger partial charge in [0.25, 0.3) is 11.7 Å². The van der Waals surface area contributed by atoms with Gasteiger partial charge in [0.15, 0.2) is 0 Å². The van der Waals surface area contributed by atoms with E-state index in [1.165, 1.54) is 12.3 Å². The highest BCUT2D eigenvalue weighted by atomic mass is 32.1. The number of hydrogen-bond acceptors (Lipinski definition) is 5. The van der Waals surface area contributed by atoms with Gasteiger partial charge in [-0.1, -0.05) is 0 Å². The van der Waals surface area contributed by atoms with E-state index in [0.29, 0.717) is 16.0 Å². The first kappa shape index (κ1) is 17.4. The predicted molar refractivity (Wildman–Crippen MR) is 90.4 cm³/mol. The van der Waals surface area contributed by atoms with Crippen molar-refractivity contribution >= 4 is 33.1 Å². The van der Waals surface area contributed by atoms with Crippen LogP contribution in [-0.4, -0.2) is 53.4 Å². The third kappa shape index (κ3) is 3.21. The number of carbonyl (C=O) groups excluding carboxylic acids is 2. The standard InChI is InChI=1S/C17H16F3N3O2S/c18-17(19,20)15(24)14-5-10-7-21-11(6-13(10)26-14)16(25)22-12-8-23-3-1-9(12)2-4-23/h5-7,9,12H,1-4,8H2,(H,22,25)/t12-/m0/s1. The lowest BCUT2D eigenvalue weighted by Crippen LogP contribution is -2.57. The molecule has 2 bridgehead atoms. The second-order valence-electron chi connectivity index (χ2n) is 6.76. The summed E-state index contributed by atoms with van der Waals surface area (Å²) in [6, 6.07) is 2.69. The maximum Gasteiger partial charge on any atom is 0.455 e. The van der Waals surface area contributed by atoms with Crippen LogP contribution in [0.5, 0.6) is 0 Å². The fourth-order valence-electron chi connectivity index (χ4n) is 3.68. The first-order valence-electron chi connectivity index (χ1n) is 8.35. The summed E-state index contributed by atoms with van der Waals surface area (Å²) in [5.74, 6) is -1.75. The van der Waals surface area contributed by atoms with Gasteiger partial charge >= 0.3 is 6.18 Å². The average Bonchev–Trinajstić information content (AvgIpc) is 3.04. The van der Waals surface area contributed by atoms with Gasteiger partial charge in [-0.3, -0.25) is 14.6 Å². The molecule has 0 aromatic carbocycles. The van der Waals surface area contributed by atoms with Crippen LogP contribution in [0.3, 0.4) is 0 Å². The van der Waals surface area contributed by atoms with Gasteiger partial charge in [0, 0.05) is 28.9 Å². The molecule has 1 amide bonds. The first-order valence-corrected chi connectivity index (χ1v) is 9.17. The summed E-state index contributed by atoms with van der Waals surface area (Å²) in [5.41, 5.74) is 0.154. The number of nitrogens with one attached hydrogen (secondary N) is 1. The summed E-state index contributed by atoms with van der Waals surface area (Å²) in [6.07, 6.45) is -1.45. The second kappa shape index (κ2) is 6.31. The Labute approximate surface area is 151 Å². The monoisotopic (exact) mass is 383 g/mol. The SMILES string of the molecule is O=C(N[C@H]1CN2CCC1CC2)c1cc2sc(C(=O)C(F)(F)F)cc2cn1. The number of Topliss-reactive ketones (excluding diaryl/α,β-unsaturated/α-hetero) is 1. The summed E-state index contributed by atoms with van der Waals surface area (Å²) in [4.78, 5) is 29.8. The van der Waals surface area contributed by atoms with E-state index in [1.807, 2.05) is 0 Å². The maximum atomic E-state index is 12.6. The minimum absolute atomic E-state index is 0.0770. The van der Waals surface area contributed by atoms with Crippen LogP contribution in [0.1, 0.15) is 33.0 Å². The molecule has 2 aromatic rings. The number of thiophene rings is 1.